The van der Waals surface area contributed by atoms with Gasteiger partial charge in [-0.3, -0.25) is 25.1 Å². The van der Waals surface area contributed by atoms with E-state index in [2.05, 4.69) is 17.6 Å². The van der Waals surface area contributed by atoms with Crippen LogP contribution >= 0.6 is 0 Å². The fourth-order valence-corrected chi connectivity index (χ4v) is 2.41. The molecule has 0 radical (unpaired) electrons. The Morgan fingerprint density at radius 2 is 1.60 bits per heavy atom. The van der Waals surface area contributed by atoms with Crippen LogP contribution in [0.1, 0.15) is 18.9 Å². The lowest BCUT2D eigenvalue weighted by molar-refractivity contribution is -0.873. The molecule has 0 aromatic heterocycles. The number of carbonyl (C=O) groups is 4. The SMILES string of the molecule is C=CC.CN1CC(=O)NC1=N.C[N+](C)(C)CC(O)CC(=O)[O-].NCC(=O)O.N[C@@H](Cc1ccccc1)C(=O)O.OCCO. The number of likely N-dealkylation sites (N-methyl/N-ethyl adjacent to an activating group) is 2. The van der Waals surface area contributed by atoms with Gasteiger partial charge in [-0.25, -0.2) is 0 Å². The van der Waals surface area contributed by atoms with Crippen LogP contribution in [0.25, 0.3) is 0 Å². The molecule has 1 aliphatic rings. The molecule has 248 valence electrons. The van der Waals surface area contributed by atoms with Crippen molar-refractivity contribution in [2.24, 2.45) is 11.5 Å². The van der Waals surface area contributed by atoms with Gasteiger partial charge in [0.1, 0.15) is 18.7 Å². The lowest BCUT2D eigenvalue weighted by Gasteiger charge is -2.26. The first kappa shape index (κ1) is 46.0. The number of nitrogens with two attached hydrogens (primary N) is 2. The van der Waals surface area contributed by atoms with E-state index in [4.69, 9.17) is 36.7 Å². The molecule has 2 atom stereocenters. The van der Waals surface area contributed by atoms with Crippen LogP contribution in [0.15, 0.2) is 43.0 Å². The zero-order valence-electron chi connectivity index (χ0n) is 25.6. The summed E-state index contributed by atoms with van der Waals surface area (Å²) in [6.45, 7) is 5.47. The monoisotopic (exact) mass is 618 g/mol. The van der Waals surface area contributed by atoms with Crippen molar-refractivity contribution < 1.29 is 54.3 Å². The Morgan fingerprint density at radius 1 is 1.16 bits per heavy atom. The second-order valence-electron chi connectivity index (χ2n) is 9.54. The van der Waals surface area contributed by atoms with Gasteiger partial charge in [-0.1, -0.05) is 36.4 Å². The third-order valence-electron chi connectivity index (χ3n) is 4.07. The minimum atomic E-state index is -1.20. The smallest absolute Gasteiger partial charge is 0.320 e. The normalized spacial score (nSPS) is 12.7. The van der Waals surface area contributed by atoms with Gasteiger partial charge in [-0.05, 0) is 18.9 Å². The molecule has 1 saturated heterocycles. The zero-order valence-corrected chi connectivity index (χ0v) is 25.6. The number of hydrogen-bond acceptors (Lipinski definition) is 11. The van der Waals surface area contributed by atoms with E-state index in [1.165, 1.54) is 0 Å². The standard InChI is InChI=1S/C9H11NO2.C7H15NO3.C4H7N3O.C3H6.C2H5NO2.C2H6O2/c10-8(9(11)12)6-7-4-2-1-3-5-7;1-8(2,3)5-6(9)4-7(10)11;1-7-2-3(8)6-4(7)5;1-3-2;3-1-2(4)5;3-1-2-4/h1-5,8H,6,10H2,(H,11,12);6,9H,4-5H2,1-3H3;2H2,1H3,(H2,5,6,8);3H,1H2,2H3;1,3H2,(H,4,5);3-4H,1-2H2/t8-;;;;;/m0...../s1. The molecule has 11 N–H and O–H groups in total. The third-order valence-corrected chi connectivity index (χ3v) is 4.07. The lowest BCUT2D eigenvalue weighted by Crippen LogP contribution is -2.43. The lowest BCUT2D eigenvalue weighted by atomic mass is 10.1. The van der Waals surface area contributed by atoms with E-state index in [0.717, 1.165) is 5.56 Å². The minimum Gasteiger partial charge on any atom is -0.550 e. The second-order valence-corrected chi connectivity index (χ2v) is 9.54. The topological polar surface area (TPSA) is 284 Å². The number of carboxylic acids is 3. The van der Waals surface area contributed by atoms with Crippen LogP contribution in [0, 0.1) is 5.41 Å². The number of nitrogens with one attached hydrogen (secondary N) is 2. The Labute approximate surface area is 252 Å². The average Bonchev–Trinajstić information content (AvgIpc) is 3.18. The summed E-state index contributed by atoms with van der Waals surface area (Å²) in [6.07, 6.45) is 1.05. The van der Waals surface area contributed by atoms with Gasteiger partial charge in [0, 0.05) is 19.4 Å². The molecule has 1 heterocycles. The number of allylic oxidation sites excluding steroid dienone is 1. The number of aliphatic carboxylic acids is 3. The van der Waals surface area contributed by atoms with Gasteiger partial charge in [0.25, 0.3) is 0 Å². The van der Waals surface area contributed by atoms with Gasteiger partial charge >= 0.3 is 11.9 Å². The highest BCUT2D eigenvalue weighted by Gasteiger charge is 2.18. The van der Waals surface area contributed by atoms with Crippen molar-refractivity contribution in [1.82, 2.24) is 10.2 Å². The molecule has 43 heavy (non-hydrogen) atoms. The summed E-state index contributed by atoms with van der Waals surface area (Å²) in [4.78, 5) is 41.6. The number of carbonyl (C=O) groups excluding carboxylic acids is 2. The zero-order chi connectivity index (χ0) is 34.6. The average molecular weight is 619 g/mol. The molecule has 1 unspecified atom stereocenters. The Kier molecular flexibility index (Phi) is 30.2. The molecule has 0 aliphatic carbocycles. The van der Waals surface area contributed by atoms with Crippen LogP contribution in [0.3, 0.4) is 0 Å². The van der Waals surface area contributed by atoms with Crippen molar-refractivity contribution in [3.63, 3.8) is 0 Å². The number of benzene rings is 1. The number of carboxylic acid groups (broad SMARTS) is 3. The van der Waals surface area contributed by atoms with Gasteiger partial charge in [-0.2, -0.15) is 0 Å². The van der Waals surface area contributed by atoms with E-state index < -0.39 is 30.1 Å². The van der Waals surface area contributed by atoms with Crippen molar-refractivity contribution in [2.75, 3.05) is 61.0 Å². The molecule has 1 aromatic carbocycles. The number of quaternary nitrogens is 1. The van der Waals surface area contributed by atoms with E-state index >= 15 is 0 Å². The first-order valence-corrected chi connectivity index (χ1v) is 12.8. The third kappa shape index (κ3) is 38.1. The first-order chi connectivity index (χ1) is 19.8. The number of guanidine groups is 1. The molecule has 1 aliphatic heterocycles. The minimum absolute atomic E-state index is 0.0995. The van der Waals surface area contributed by atoms with Crippen LogP contribution in [-0.4, -0.2) is 138 Å². The van der Waals surface area contributed by atoms with E-state index in [1.807, 2.05) is 58.4 Å². The van der Waals surface area contributed by atoms with Crippen molar-refractivity contribution in [2.45, 2.75) is 31.9 Å². The molecular weight excluding hydrogens is 568 g/mol. The maximum absolute atomic E-state index is 10.4. The highest BCUT2D eigenvalue weighted by molar-refractivity contribution is 6.02. The van der Waals surface area contributed by atoms with Gasteiger partial charge in [0.2, 0.25) is 5.91 Å². The number of amides is 1. The highest BCUT2D eigenvalue weighted by atomic mass is 16.4. The Balaban J connectivity index is -0.000000226. The van der Waals surface area contributed by atoms with E-state index in [-0.39, 0.29) is 38.0 Å². The summed E-state index contributed by atoms with van der Waals surface area (Å²) in [6, 6.07) is 8.54. The van der Waals surface area contributed by atoms with Crippen molar-refractivity contribution in [3.8, 4) is 0 Å². The quantitative estimate of drug-likeness (QED) is 0.0987. The van der Waals surface area contributed by atoms with E-state index in [1.54, 1.807) is 18.0 Å². The maximum atomic E-state index is 10.4. The van der Waals surface area contributed by atoms with Crippen molar-refractivity contribution in [1.29, 1.82) is 5.41 Å². The van der Waals surface area contributed by atoms with Crippen LogP contribution < -0.4 is 21.9 Å². The Bertz CT molecular complexity index is 925. The summed E-state index contributed by atoms with van der Waals surface area (Å²) < 4.78 is 0.550. The second kappa shape index (κ2) is 28.2. The number of aliphatic hydroxyl groups excluding tert-OH is 3. The van der Waals surface area contributed by atoms with Crippen LogP contribution in [0.5, 0.6) is 0 Å². The van der Waals surface area contributed by atoms with Gasteiger partial charge in [0.05, 0.1) is 47.4 Å². The summed E-state index contributed by atoms with van der Waals surface area (Å²) in [7, 11) is 7.36. The number of nitrogens with zero attached hydrogens (tertiary/aromatic N) is 2. The van der Waals surface area contributed by atoms with E-state index in [0.29, 0.717) is 24.0 Å². The van der Waals surface area contributed by atoms with Crippen molar-refractivity contribution >= 4 is 29.8 Å². The maximum Gasteiger partial charge on any atom is 0.320 e. The molecule has 1 amide bonds. The predicted octanol–water partition coefficient (Wildman–Crippen LogP) is -2.99. The van der Waals surface area contributed by atoms with Crippen LogP contribution in [0.4, 0.5) is 0 Å². The molecule has 16 heteroatoms. The molecule has 16 nitrogen and oxygen atoms in total. The summed E-state index contributed by atoms with van der Waals surface area (Å²) in [5, 5.41) is 59.8. The molecule has 1 fully saturated rings. The summed E-state index contributed by atoms with van der Waals surface area (Å²) in [5.74, 6) is -3.04. The highest BCUT2D eigenvalue weighted by Crippen LogP contribution is 2.01. The molecule has 0 saturated carbocycles. The first-order valence-electron chi connectivity index (χ1n) is 12.8. The summed E-state index contributed by atoms with van der Waals surface area (Å²) >= 11 is 0. The van der Waals surface area contributed by atoms with Crippen molar-refractivity contribution in [3.05, 3.63) is 48.6 Å². The Hall–Kier alpha value is -3.93. The Morgan fingerprint density at radius 3 is 1.84 bits per heavy atom. The number of aliphatic hydroxyl groups is 3. The van der Waals surface area contributed by atoms with E-state index in [9.17, 15) is 24.3 Å². The van der Waals surface area contributed by atoms with Gasteiger partial charge in [-0.15, -0.1) is 6.58 Å². The fraction of sp³-hybridized carbons (Fsp3) is 0.519. The van der Waals surface area contributed by atoms with Gasteiger partial charge < -0.3 is 56.3 Å². The van der Waals surface area contributed by atoms with Gasteiger partial charge in [0.15, 0.2) is 5.96 Å². The van der Waals surface area contributed by atoms with Crippen LogP contribution in [0.2, 0.25) is 0 Å². The molecule has 0 bridgehead atoms. The predicted molar refractivity (Wildman–Crippen MR) is 160 cm³/mol. The van der Waals surface area contributed by atoms with Crippen LogP contribution in [-0.2, 0) is 25.6 Å². The molecule has 0 spiro atoms. The molecular formula is C27H50N6O10. The largest absolute Gasteiger partial charge is 0.550 e. The number of hydrogen-bond donors (Lipinski definition) is 9. The molecule has 1 aromatic rings. The summed E-state index contributed by atoms with van der Waals surface area (Å²) in [5.41, 5.74) is 10.9. The molecule has 2 rings (SSSR count). The number of rotatable bonds is 9. The fourth-order valence-electron chi connectivity index (χ4n) is 2.41.